The minimum absolute atomic E-state index is 0.160. The van der Waals surface area contributed by atoms with E-state index in [-0.39, 0.29) is 12.5 Å². The molecular weight excluding hydrogens is 206 g/mol. The monoisotopic (exact) mass is 229 g/mol. The molecule has 94 valence electrons. The first-order chi connectivity index (χ1) is 7.72. The fraction of sp³-hybridized carbons (Fsp3) is 0.909. The van der Waals surface area contributed by atoms with Crippen LogP contribution in [0.3, 0.4) is 0 Å². The SMILES string of the molecule is CCCCOC(=O)CNN1CCN(C)CC1. The number of nitrogens with zero attached hydrogens (tertiary/aromatic N) is 2. The summed E-state index contributed by atoms with van der Waals surface area (Å²) in [5, 5.41) is 2.08. The Kier molecular flexibility index (Phi) is 6.37. The van der Waals surface area contributed by atoms with Crippen LogP contribution >= 0.6 is 0 Å². The summed E-state index contributed by atoms with van der Waals surface area (Å²) in [6.45, 7) is 6.90. The summed E-state index contributed by atoms with van der Waals surface area (Å²) in [5.41, 5.74) is 3.10. The summed E-state index contributed by atoms with van der Waals surface area (Å²) in [7, 11) is 2.11. The van der Waals surface area contributed by atoms with Crippen molar-refractivity contribution < 1.29 is 9.53 Å². The Morgan fingerprint density at radius 3 is 2.62 bits per heavy atom. The first kappa shape index (κ1) is 13.4. The number of ether oxygens (including phenoxy) is 1. The number of esters is 1. The van der Waals surface area contributed by atoms with Crippen LogP contribution < -0.4 is 5.43 Å². The third-order valence-electron chi connectivity index (χ3n) is 2.71. The van der Waals surface area contributed by atoms with Gasteiger partial charge < -0.3 is 9.64 Å². The molecule has 0 aromatic carbocycles. The van der Waals surface area contributed by atoms with E-state index in [1.54, 1.807) is 0 Å². The molecular formula is C11H23N3O2. The highest BCUT2D eigenvalue weighted by Crippen LogP contribution is 1.95. The minimum atomic E-state index is -0.160. The molecule has 0 bridgehead atoms. The highest BCUT2D eigenvalue weighted by Gasteiger charge is 2.14. The second-order valence-corrected chi connectivity index (χ2v) is 4.20. The van der Waals surface area contributed by atoms with Crippen molar-refractivity contribution >= 4 is 5.97 Å². The lowest BCUT2D eigenvalue weighted by Gasteiger charge is -2.32. The number of carbonyl (C=O) groups excluding carboxylic acids is 1. The van der Waals surface area contributed by atoms with Gasteiger partial charge in [0.15, 0.2) is 0 Å². The van der Waals surface area contributed by atoms with Gasteiger partial charge in [-0.1, -0.05) is 13.3 Å². The van der Waals surface area contributed by atoms with Crippen molar-refractivity contribution in [1.29, 1.82) is 0 Å². The van der Waals surface area contributed by atoms with Crippen LogP contribution in [0.1, 0.15) is 19.8 Å². The predicted molar refractivity (Wildman–Crippen MR) is 62.9 cm³/mol. The van der Waals surface area contributed by atoms with E-state index in [0.717, 1.165) is 39.0 Å². The number of rotatable bonds is 6. The zero-order valence-corrected chi connectivity index (χ0v) is 10.4. The zero-order valence-electron chi connectivity index (χ0n) is 10.4. The van der Waals surface area contributed by atoms with Crippen molar-refractivity contribution in [3.8, 4) is 0 Å². The molecule has 1 aliphatic rings. The van der Waals surface area contributed by atoms with Gasteiger partial charge in [0.2, 0.25) is 0 Å². The molecule has 0 aromatic rings. The molecule has 1 N–H and O–H groups in total. The van der Waals surface area contributed by atoms with Crippen molar-refractivity contribution in [2.75, 3.05) is 46.4 Å². The fourth-order valence-electron chi connectivity index (χ4n) is 1.52. The minimum Gasteiger partial charge on any atom is -0.465 e. The van der Waals surface area contributed by atoms with E-state index in [1.807, 2.05) is 0 Å². The Bertz CT molecular complexity index is 203. The quantitative estimate of drug-likeness (QED) is 0.516. The Morgan fingerprint density at radius 1 is 1.31 bits per heavy atom. The zero-order chi connectivity index (χ0) is 11.8. The topological polar surface area (TPSA) is 44.8 Å². The number of hydrogen-bond acceptors (Lipinski definition) is 5. The standard InChI is InChI=1S/C11H23N3O2/c1-3-4-9-16-11(15)10-12-14-7-5-13(2)6-8-14/h12H,3-10H2,1-2H3. The molecule has 0 atom stereocenters. The number of carbonyl (C=O) groups is 1. The summed E-state index contributed by atoms with van der Waals surface area (Å²) >= 11 is 0. The molecule has 1 aliphatic heterocycles. The number of hydrogen-bond donors (Lipinski definition) is 1. The number of unbranched alkanes of at least 4 members (excludes halogenated alkanes) is 1. The Labute approximate surface area is 97.7 Å². The second-order valence-electron chi connectivity index (χ2n) is 4.20. The molecule has 1 rings (SSSR count). The van der Waals surface area contributed by atoms with Crippen LogP contribution in [-0.2, 0) is 9.53 Å². The van der Waals surface area contributed by atoms with Gasteiger partial charge in [0, 0.05) is 26.2 Å². The van der Waals surface area contributed by atoms with E-state index >= 15 is 0 Å². The molecule has 1 saturated heterocycles. The normalized spacial score (nSPS) is 18.6. The lowest BCUT2D eigenvalue weighted by molar-refractivity contribution is -0.143. The van der Waals surface area contributed by atoms with Gasteiger partial charge in [-0.2, -0.15) is 0 Å². The number of nitrogens with one attached hydrogen (secondary N) is 1. The van der Waals surface area contributed by atoms with Gasteiger partial charge in [0.05, 0.1) is 6.61 Å². The van der Waals surface area contributed by atoms with Gasteiger partial charge in [-0.05, 0) is 13.5 Å². The highest BCUT2D eigenvalue weighted by atomic mass is 16.5. The van der Waals surface area contributed by atoms with Crippen LogP contribution in [0, 0.1) is 0 Å². The smallest absolute Gasteiger partial charge is 0.321 e. The van der Waals surface area contributed by atoms with Gasteiger partial charge in [0.25, 0.3) is 0 Å². The van der Waals surface area contributed by atoms with Crippen molar-refractivity contribution in [3.63, 3.8) is 0 Å². The van der Waals surface area contributed by atoms with Crippen molar-refractivity contribution in [2.24, 2.45) is 0 Å². The first-order valence-electron chi connectivity index (χ1n) is 6.05. The van der Waals surface area contributed by atoms with Crippen molar-refractivity contribution in [3.05, 3.63) is 0 Å². The third-order valence-corrected chi connectivity index (χ3v) is 2.71. The molecule has 0 aliphatic carbocycles. The maximum absolute atomic E-state index is 11.3. The largest absolute Gasteiger partial charge is 0.465 e. The van der Waals surface area contributed by atoms with Crippen LogP contribution in [0.4, 0.5) is 0 Å². The third kappa shape index (κ3) is 5.44. The molecule has 5 heteroatoms. The lowest BCUT2D eigenvalue weighted by atomic mass is 10.4. The number of piperazine rings is 1. The summed E-state index contributed by atoms with van der Waals surface area (Å²) in [6.07, 6.45) is 2.00. The average molecular weight is 229 g/mol. The molecule has 0 saturated carbocycles. The van der Waals surface area contributed by atoms with Gasteiger partial charge in [0.1, 0.15) is 6.54 Å². The fourth-order valence-corrected chi connectivity index (χ4v) is 1.52. The number of hydrazine groups is 1. The molecule has 16 heavy (non-hydrogen) atoms. The van der Waals surface area contributed by atoms with Crippen LogP contribution in [0.2, 0.25) is 0 Å². The van der Waals surface area contributed by atoms with E-state index in [4.69, 9.17) is 4.74 Å². The van der Waals surface area contributed by atoms with Crippen LogP contribution in [0.15, 0.2) is 0 Å². The van der Waals surface area contributed by atoms with E-state index < -0.39 is 0 Å². The van der Waals surface area contributed by atoms with E-state index in [0.29, 0.717) is 6.61 Å². The summed E-state index contributed by atoms with van der Waals surface area (Å²) in [5.74, 6) is -0.160. The van der Waals surface area contributed by atoms with Crippen molar-refractivity contribution in [2.45, 2.75) is 19.8 Å². The van der Waals surface area contributed by atoms with E-state index in [1.165, 1.54) is 0 Å². The van der Waals surface area contributed by atoms with Crippen LogP contribution in [0.25, 0.3) is 0 Å². The second kappa shape index (κ2) is 7.60. The Morgan fingerprint density at radius 2 is 2.00 bits per heavy atom. The molecule has 5 nitrogen and oxygen atoms in total. The van der Waals surface area contributed by atoms with Crippen molar-refractivity contribution in [1.82, 2.24) is 15.3 Å². The summed E-state index contributed by atoms with van der Waals surface area (Å²) in [6, 6.07) is 0. The molecule has 0 aromatic heterocycles. The van der Waals surface area contributed by atoms with Crippen LogP contribution in [-0.4, -0.2) is 62.3 Å². The van der Waals surface area contributed by atoms with Gasteiger partial charge in [-0.15, -0.1) is 0 Å². The molecule has 0 unspecified atom stereocenters. The van der Waals surface area contributed by atoms with E-state index in [9.17, 15) is 4.79 Å². The van der Waals surface area contributed by atoms with Gasteiger partial charge in [-0.25, -0.2) is 10.4 Å². The Hall–Kier alpha value is -0.650. The average Bonchev–Trinajstić information content (AvgIpc) is 2.29. The van der Waals surface area contributed by atoms with E-state index in [2.05, 4.69) is 29.3 Å². The summed E-state index contributed by atoms with van der Waals surface area (Å²) in [4.78, 5) is 13.6. The first-order valence-corrected chi connectivity index (χ1v) is 6.05. The maximum Gasteiger partial charge on any atom is 0.321 e. The van der Waals surface area contributed by atoms with Gasteiger partial charge >= 0.3 is 5.97 Å². The molecule has 0 radical (unpaired) electrons. The lowest BCUT2D eigenvalue weighted by Crippen LogP contribution is -2.52. The highest BCUT2D eigenvalue weighted by molar-refractivity contribution is 5.71. The Balaban J connectivity index is 2.03. The predicted octanol–water partition coefficient (Wildman–Crippen LogP) is 0.0817. The molecule has 0 spiro atoms. The van der Waals surface area contributed by atoms with Crippen LogP contribution in [0.5, 0.6) is 0 Å². The number of likely N-dealkylation sites (N-methyl/N-ethyl adjacent to an activating group) is 1. The maximum atomic E-state index is 11.3. The molecule has 0 amide bonds. The van der Waals surface area contributed by atoms with Gasteiger partial charge in [-0.3, -0.25) is 4.79 Å². The molecule has 1 heterocycles. The summed E-state index contributed by atoms with van der Waals surface area (Å²) < 4.78 is 5.06. The molecule has 1 fully saturated rings.